The molecule has 1 aliphatic carbocycles. The molecule has 1 fully saturated rings. The van der Waals surface area contributed by atoms with Crippen molar-refractivity contribution >= 4 is 29.1 Å². The molecule has 0 bridgehead atoms. The highest BCUT2D eigenvalue weighted by Crippen LogP contribution is 2.21. The standard InChI is InChI=1S/C13H22N6O2S2/c1-9-11(17-12(23-9)7-14-2)8-22-6-5-15-13(18-19(20)21)16-10-3-4-10/h10,14H,3-8H2,1-2H3,(H2,15,16,18). The van der Waals surface area contributed by atoms with E-state index in [0.29, 0.717) is 12.6 Å². The SMILES string of the molecule is CNCc1nc(CSCCNC(=N[N+](=O)[O-])NC2CC2)c(C)s1. The van der Waals surface area contributed by atoms with Crippen LogP contribution in [0.25, 0.3) is 0 Å². The highest BCUT2D eigenvalue weighted by molar-refractivity contribution is 7.98. The highest BCUT2D eigenvalue weighted by atomic mass is 32.2. The average molecular weight is 358 g/mol. The van der Waals surface area contributed by atoms with E-state index in [0.717, 1.165) is 41.6 Å². The van der Waals surface area contributed by atoms with Crippen LogP contribution in [0.2, 0.25) is 0 Å². The molecule has 1 aromatic heterocycles. The van der Waals surface area contributed by atoms with E-state index in [4.69, 9.17) is 0 Å². The van der Waals surface area contributed by atoms with Crippen molar-refractivity contribution in [1.82, 2.24) is 20.9 Å². The number of nitrogens with zero attached hydrogens (tertiary/aromatic N) is 3. The van der Waals surface area contributed by atoms with Gasteiger partial charge >= 0.3 is 0 Å². The second kappa shape index (κ2) is 9.04. The van der Waals surface area contributed by atoms with Gasteiger partial charge in [0.1, 0.15) is 10.1 Å². The van der Waals surface area contributed by atoms with Gasteiger partial charge in [0, 0.05) is 35.5 Å². The zero-order valence-electron chi connectivity index (χ0n) is 13.3. The fraction of sp³-hybridized carbons (Fsp3) is 0.692. The number of aryl methyl sites for hydroxylation is 1. The Morgan fingerprint density at radius 2 is 2.35 bits per heavy atom. The first-order valence-corrected chi connectivity index (χ1v) is 9.46. The first-order valence-electron chi connectivity index (χ1n) is 7.49. The van der Waals surface area contributed by atoms with Crippen LogP contribution in [0.15, 0.2) is 5.10 Å². The maximum absolute atomic E-state index is 10.5. The summed E-state index contributed by atoms with van der Waals surface area (Å²) in [6.45, 7) is 3.52. The summed E-state index contributed by atoms with van der Waals surface area (Å²) in [5.74, 6) is 1.95. The predicted octanol–water partition coefficient (Wildman–Crippen LogP) is 1.29. The van der Waals surface area contributed by atoms with Crippen LogP contribution in [0.1, 0.15) is 28.4 Å². The quantitative estimate of drug-likeness (QED) is 0.201. The van der Waals surface area contributed by atoms with E-state index < -0.39 is 5.03 Å². The van der Waals surface area contributed by atoms with Gasteiger partial charge in [-0.05, 0) is 26.8 Å². The Balaban J connectivity index is 1.68. The molecule has 1 heterocycles. The third-order valence-corrected chi connectivity index (χ3v) is 5.13. The molecule has 0 spiro atoms. The van der Waals surface area contributed by atoms with Crippen molar-refractivity contribution in [3.63, 3.8) is 0 Å². The molecule has 0 saturated heterocycles. The molecule has 128 valence electrons. The van der Waals surface area contributed by atoms with Crippen LogP contribution in [0.5, 0.6) is 0 Å². The van der Waals surface area contributed by atoms with E-state index >= 15 is 0 Å². The highest BCUT2D eigenvalue weighted by Gasteiger charge is 2.23. The second-order valence-corrected chi connectivity index (χ2v) is 7.62. The van der Waals surface area contributed by atoms with Crippen LogP contribution in [0.3, 0.4) is 0 Å². The number of nitro groups is 1. The molecule has 1 aromatic rings. The van der Waals surface area contributed by atoms with Gasteiger partial charge in [0.05, 0.1) is 5.69 Å². The number of thiazole rings is 1. The van der Waals surface area contributed by atoms with Crippen LogP contribution in [-0.4, -0.2) is 41.4 Å². The largest absolute Gasteiger partial charge is 0.350 e. The molecule has 3 N–H and O–H groups in total. The lowest BCUT2D eigenvalue weighted by Crippen LogP contribution is -2.40. The van der Waals surface area contributed by atoms with Crippen molar-refractivity contribution in [3.8, 4) is 0 Å². The summed E-state index contributed by atoms with van der Waals surface area (Å²) in [4.78, 5) is 16.4. The van der Waals surface area contributed by atoms with Crippen LogP contribution in [0.4, 0.5) is 0 Å². The third-order valence-electron chi connectivity index (χ3n) is 3.14. The number of hydrogen-bond acceptors (Lipinski definition) is 6. The van der Waals surface area contributed by atoms with Crippen LogP contribution in [0, 0.1) is 17.0 Å². The average Bonchev–Trinajstić information content (AvgIpc) is 3.22. The van der Waals surface area contributed by atoms with Gasteiger partial charge in [0.2, 0.25) is 0 Å². The minimum absolute atomic E-state index is 0.263. The van der Waals surface area contributed by atoms with Crippen molar-refractivity contribution in [2.24, 2.45) is 5.10 Å². The molecule has 8 nitrogen and oxygen atoms in total. The van der Waals surface area contributed by atoms with Gasteiger partial charge in [0.15, 0.2) is 5.03 Å². The normalized spacial score (nSPS) is 14.8. The zero-order chi connectivity index (χ0) is 16.7. The number of nitrogens with one attached hydrogen (secondary N) is 3. The Morgan fingerprint density at radius 1 is 1.57 bits per heavy atom. The molecule has 0 atom stereocenters. The lowest BCUT2D eigenvalue weighted by Gasteiger charge is -2.08. The molecule has 2 rings (SSSR count). The first-order chi connectivity index (χ1) is 11.1. The number of guanidine groups is 1. The summed E-state index contributed by atoms with van der Waals surface area (Å²) in [5, 5.41) is 23.4. The summed E-state index contributed by atoms with van der Waals surface area (Å²) in [5.41, 5.74) is 1.13. The minimum atomic E-state index is -0.674. The smallest absolute Gasteiger partial charge is 0.269 e. The summed E-state index contributed by atoms with van der Waals surface area (Å²) in [6, 6.07) is 0.331. The van der Waals surface area contributed by atoms with Crippen molar-refractivity contribution in [2.75, 3.05) is 19.3 Å². The Kier molecular flexibility index (Phi) is 7.06. The molecule has 0 aromatic carbocycles. The maximum Gasteiger partial charge on any atom is 0.269 e. The molecule has 0 radical (unpaired) electrons. The Morgan fingerprint density at radius 3 is 3.00 bits per heavy atom. The summed E-state index contributed by atoms with van der Waals surface area (Å²) in [6.07, 6.45) is 2.09. The van der Waals surface area contributed by atoms with Gasteiger partial charge < -0.3 is 16.0 Å². The fourth-order valence-corrected chi connectivity index (χ4v) is 3.79. The van der Waals surface area contributed by atoms with Gasteiger partial charge in [-0.1, -0.05) is 0 Å². The number of aromatic nitrogens is 1. The van der Waals surface area contributed by atoms with E-state index in [2.05, 4.69) is 33.0 Å². The third kappa shape index (κ3) is 6.71. The summed E-state index contributed by atoms with van der Waals surface area (Å²) >= 11 is 3.48. The topological polar surface area (TPSA) is 104 Å². The Hall–Kier alpha value is -1.39. The lowest BCUT2D eigenvalue weighted by molar-refractivity contribution is -0.485. The molecule has 0 amide bonds. The molecule has 1 aliphatic rings. The Bertz CT molecular complexity index is 559. The predicted molar refractivity (Wildman–Crippen MR) is 94.4 cm³/mol. The summed E-state index contributed by atoms with van der Waals surface area (Å²) in [7, 11) is 1.91. The molecule has 10 heteroatoms. The van der Waals surface area contributed by atoms with Crippen LogP contribution < -0.4 is 16.0 Å². The monoisotopic (exact) mass is 358 g/mol. The molecular weight excluding hydrogens is 336 g/mol. The fourth-order valence-electron chi connectivity index (χ4n) is 1.88. The van der Waals surface area contributed by atoms with E-state index in [1.807, 2.05) is 7.05 Å². The molecule has 0 aliphatic heterocycles. The van der Waals surface area contributed by atoms with Gasteiger partial charge in [-0.3, -0.25) is 0 Å². The maximum atomic E-state index is 10.5. The van der Waals surface area contributed by atoms with Crippen molar-refractivity contribution in [2.45, 2.75) is 38.1 Å². The molecular formula is C13H22N6O2S2. The van der Waals surface area contributed by atoms with Crippen LogP contribution in [-0.2, 0) is 12.3 Å². The van der Waals surface area contributed by atoms with Crippen molar-refractivity contribution in [3.05, 3.63) is 25.7 Å². The number of rotatable bonds is 9. The summed E-state index contributed by atoms with van der Waals surface area (Å²) < 4.78 is 0. The first kappa shape index (κ1) is 18.0. The van der Waals surface area contributed by atoms with Gasteiger partial charge in [-0.15, -0.1) is 11.3 Å². The molecule has 0 unspecified atom stereocenters. The van der Waals surface area contributed by atoms with Crippen molar-refractivity contribution in [1.29, 1.82) is 0 Å². The van der Waals surface area contributed by atoms with Gasteiger partial charge in [-0.2, -0.15) is 11.8 Å². The zero-order valence-corrected chi connectivity index (χ0v) is 14.9. The number of thioether (sulfide) groups is 1. The molecule has 1 saturated carbocycles. The van der Waals surface area contributed by atoms with E-state index in [-0.39, 0.29) is 5.96 Å². The van der Waals surface area contributed by atoms with Gasteiger partial charge in [-0.25, -0.2) is 15.1 Å². The van der Waals surface area contributed by atoms with Crippen molar-refractivity contribution < 1.29 is 5.03 Å². The second-order valence-electron chi connectivity index (χ2n) is 5.23. The molecule has 23 heavy (non-hydrogen) atoms. The van der Waals surface area contributed by atoms with E-state index in [9.17, 15) is 10.1 Å². The van der Waals surface area contributed by atoms with Crippen LogP contribution >= 0.6 is 23.1 Å². The van der Waals surface area contributed by atoms with E-state index in [1.165, 1.54) is 4.88 Å². The number of hydrogen-bond donors (Lipinski definition) is 3. The Labute approximate surface area is 143 Å². The van der Waals surface area contributed by atoms with E-state index in [1.54, 1.807) is 23.1 Å². The number of hydrazone groups is 1. The lowest BCUT2D eigenvalue weighted by atomic mass is 10.4. The van der Waals surface area contributed by atoms with Gasteiger partial charge in [0.25, 0.3) is 5.96 Å². The minimum Gasteiger partial charge on any atom is -0.350 e.